The van der Waals surface area contributed by atoms with E-state index in [2.05, 4.69) is 24.6 Å². The SMILES string of the molecule is [CH2-][NH2+]NCc1ccccc1.[HH]. The maximum atomic E-state index is 3.56. The first-order chi connectivity index (χ1) is 4.93. The van der Waals surface area contributed by atoms with Gasteiger partial charge in [-0.15, -0.1) is 7.05 Å². The van der Waals surface area contributed by atoms with Crippen LogP contribution in [0.4, 0.5) is 0 Å². The average Bonchev–Trinajstić information content (AvgIpc) is 2.03. The van der Waals surface area contributed by atoms with Crippen LogP contribution in [0.1, 0.15) is 6.99 Å². The second-order valence-corrected chi connectivity index (χ2v) is 2.07. The Morgan fingerprint density at radius 3 is 2.70 bits per heavy atom. The molecule has 0 spiro atoms. The molecule has 10 heavy (non-hydrogen) atoms. The van der Waals surface area contributed by atoms with Gasteiger partial charge in [0.1, 0.15) is 0 Å². The summed E-state index contributed by atoms with van der Waals surface area (Å²) in [5, 5.41) is 0. The van der Waals surface area contributed by atoms with Gasteiger partial charge in [-0.05, 0) is 5.56 Å². The van der Waals surface area contributed by atoms with Crippen molar-refractivity contribution in [2.75, 3.05) is 0 Å². The number of hydrogen-bond acceptors (Lipinski definition) is 1. The number of quaternary nitrogens is 1. The van der Waals surface area contributed by atoms with Crippen LogP contribution < -0.4 is 10.9 Å². The fourth-order valence-electron chi connectivity index (χ4n) is 0.786. The van der Waals surface area contributed by atoms with Crippen molar-refractivity contribution in [3.63, 3.8) is 0 Å². The van der Waals surface area contributed by atoms with Crippen molar-refractivity contribution in [2.45, 2.75) is 6.54 Å². The van der Waals surface area contributed by atoms with Gasteiger partial charge in [-0.2, -0.15) is 5.43 Å². The van der Waals surface area contributed by atoms with Crippen molar-refractivity contribution in [1.29, 1.82) is 0 Å². The van der Waals surface area contributed by atoms with Gasteiger partial charge >= 0.3 is 0 Å². The van der Waals surface area contributed by atoms with Crippen LogP contribution in [0.3, 0.4) is 0 Å². The number of nitrogens with two attached hydrogens (primary N) is 1. The van der Waals surface area contributed by atoms with Crippen LogP contribution in [0.5, 0.6) is 0 Å². The maximum absolute atomic E-state index is 3.56. The molecule has 0 amide bonds. The Kier molecular flexibility index (Phi) is 2.93. The summed E-state index contributed by atoms with van der Waals surface area (Å²) in [6.45, 7) is 0.865. The monoisotopic (exact) mass is 138 g/mol. The highest BCUT2D eigenvalue weighted by Crippen LogP contribution is 1.95. The predicted molar refractivity (Wildman–Crippen MR) is 42.7 cm³/mol. The molecule has 0 saturated carbocycles. The van der Waals surface area contributed by atoms with E-state index in [0.29, 0.717) is 0 Å². The third-order valence-electron chi connectivity index (χ3n) is 1.29. The molecule has 0 atom stereocenters. The first-order valence-electron chi connectivity index (χ1n) is 3.31. The normalized spacial score (nSPS) is 9.70. The summed E-state index contributed by atoms with van der Waals surface area (Å²) in [5.41, 5.74) is 6.01. The molecule has 0 saturated heterocycles. The van der Waals surface area contributed by atoms with E-state index in [9.17, 15) is 0 Å². The zero-order chi connectivity index (χ0) is 7.23. The molecule has 1 aromatic rings. The minimum atomic E-state index is 0. The van der Waals surface area contributed by atoms with Gasteiger partial charge in [0.2, 0.25) is 0 Å². The Morgan fingerprint density at radius 2 is 2.10 bits per heavy atom. The zero-order valence-electron chi connectivity index (χ0n) is 5.88. The van der Waals surface area contributed by atoms with Crippen LogP contribution in [-0.2, 0) is 6.54 Å². The van der Waals surface area contributed by atoms with E-state index in [1.54, 1.807) is 5.43 Å². The molecular weight excluding hydrogens is 124 g/mol. The number of nitrogens with one attached hydrogen (secondary N) is 1. The van der Waals surface area contributed by atoms with E-state index in [0.717, 1.165) is 6.54 Å². The molecule has 0 aliphatic heterocycles. The fraction of sp³-hybridized carbons (Fsp3) is 0.125. The molecular formula is C8H14N2. The van der Waals surface area contributed by atoms with E-state index in [-0.39, 0.29) is 1.43 Å². The molecule has 1 rings (SSSR count). The molecule has 0 aliphatic carbocycles. The number of hydrogen-bond donors (Lipinski definition) is 2. The van der Waals surface area contributed by atoms with Gasteiger partial charge in [0.05, 0.1) is 6.54 Å². The van der Waals surface area contributed by atoms with E-state index in [1.807, 2.05) is 18.2 Å². The minimum Gasteiger partial charge on any atom is -0.399 e. The Bertz CT molecular complexity index is 177. The Morgan fingerprint density at radius 1 is 1.40 bits per heavy atom. The smallest absolute Gasteiger partial charge is 0.0669 e. The Balaban J connectivity index is 0.000001000. The second kappa shape index (κ2) is 4.04. The lowest BCUT2D eigenvalue weighted by Crippen LogP contribution is -2.86. The fourth-order valence-corrected chi connectivity index (χ4v) is 0.786. The summed E-state index contributed by atoms with van der Waals surface area (Å²) < 4.78 is 0. The summed E-state index contributed by atoms with van der Waals surface area (Å²) >= 11 is 0. The lowest BCUT2D eigenvalue weighted by molar-refractivity contribution is -0.658. The second-order valence-electron chi connectivity index (χ2n) is 2.07. The molecule has 0 fully saturated rings. The summed E-state index contributed by atoms with van der Waals surface area (Å²) in [5.74, 6) is 0. The molecule has 0 radical (unpaired) electrons. The average molecular weight is 138 g/mol. The van der Waals surface area contributed by atoms with Gasteiger partial charge in [-0.3, -0.25) is 0 Å². The van der Waals surface area contributed by atoms with E-state index in [4.69, 9.17) is 0 Å². The van der Waals surface area contributed by atoms with Crippen LogP contribution in [0, 0.1) is 7.05 Å². The van der Waals surface area contributed by atoms with Gasteiger partial charge in [0, 0.05) is 1.43 Å². The molecule has 0 unspecified atom stereocenters. The quantitative estimate of drug-likeness (QED) is 0.351. The largest absolute Gasteiger partial charge is 0.399 e. The first-order valence-corrected chi connectivity index (χ1v) is 3.31. The standard InChI is InChI=1S/C8H12N2.H2/c1-9-10-7-8-5-3-2-4-6-8;/h2-6,10H,1,7,9H2;1H. The molecule has 56 valence electrons. The highest BCUT2D eigenvalue weighted by molar-refractivity contribution is 5.13. The highest BCUT2D eigenvalue weighted by atomic mass is 15.3. The van der Waals surface area contributed by atoms with Crippen molar-refractivity contribution in [3.05, 3.63) is 42.9 Å². The number of rotatable bonds is 3. The third kappa shape index (κ3) is 2.17. The van der Waals surface area contributed by atoms with Gasteiger partial charge < -0.3 is 5.43 Å². The highest BCUT2D eigenvalue weighted by Gasteiger charge is 1.86. The molecule has 2 nitrogen and oxygen atoms in total. The molecule has 1 aromatic carbocycles. The van der Waals surface area contributed by atoms with E-state index in [1.165, 1.54) is 5.56 Å². The molecule has 0 heterocycles. The van der Waals surface area contributed by atoms with Gasteiger partial charge in [-0.1, -0.05) is 30.3 Å². The third-order valence-corrected chi connectivity index (χ3v) is 1.29. The van der Waals surface area contributed by atoms with Gasteiger partial charge in [0.15, 0.2) is 0 Å². The first kappa shape index (κ1) is 7.25. The van der Waals surface area contributed by atoms with E-state index < -0.39 is 0 Å². The Labute approximate surface area is 62.7 Å². The summed E-state index contributed by atoms with van der Waals surface area (Å²) in [7, 11) is 3.56. The van der Waals surface area contributed by atoms with Crippen LogP contribution in [-0.4, -0.2) is 0 Å². The van der Waals surface area contributed by atoms with Crippen LogP contribution >= 0.6 is 0 Å². The van der Waals surface area contributed by atoms with Crippen molar-refractivity contribution in [3.8, 4) is 0 Å². The molecule has 3 N–H and O–H groups in total. The molecule has 0 aliphatic rings. The lowest BCUT2D eigenvalue weighted by atomic mass is 10.2. The molecule has 0 aromatic heterocycles. The summed E-state index contributed by atoms with van der Waals surface area (Å²) in [6.07, 6.45) is 0. The van der Waals surface area contributed by atoms with E-state index >= 15 is 0 Å². The zero-order valence-corrected chi connectivity index (χ0v) is 5.88. The topological polar surface area (TPSA) is 28.6 Å². The summed E-state index contributed by atoms with van der Waals surface area (Å²) in [6, 6.07) is 10.2. The molecule has 2 heteroatoms. The van der Waals surface area contributed by atoms with Gasteiger partial charge in [0.25, 0.3) is 0 Å². The maximum Gasteiger partial charge on any atom is 0.0669 e. The van der Waals surface area contributed by atoms with Crippen molar-refractivity contribution >= 4 is 0 Å². The van der Waals surface area contributed by atoms with Crippen molar-refractivity contribution in [2.24, 2.45) is 0 Å². The Hall–Kier alpha value is -0.860. The predicted octanol–water partition coefficient (Wildman–Crippen LogP) is 0.292. The summed E-state index contributed by atoms with van der Waals surface area (Å²) in [4.78, 5) is 0. The van der Waals surface area contributed by atoms with Gasteiger partial charge in [-0.25, -0.2) is 0 Å². The minimum absolute atomic E-state index is 0. The van der Waals surface area contributed by atoms with Crippen LogP contribution in [0.25, 0.3) is 0 Å². The van der Waals surface area contributed by atoms with Crippen molar-refractivity contribution in [1.82, 2.24) is 5.43 Å². The van der Waals surface area contributed by atoms with Crippen LogP contribution in [0.2, 0.25) is 0 Å². The molecule has 0 bridgehead atoms. The van der Waals surface area contributed by atoms with Crippen molar-refractivity contribution < 1.29 is 6.85 Å². The van der Waals surface area contributed by atoms with Crippen LogP contribution in [0.15, 0.2) is 30.3 Å². The number of benzene rings is 1. The lowest BCUT2D eigenvalue weighted by Gasteiger charge is -2.01.